The molecule has 0 unspecified atom stereocenters. The third kappa shape index (κ3) is 2.98. The molecular formula is C11H18O2. The number of allylic oxidation sites excluding steroid dienone is 1. The van der Waals surface area contributed by atoms with Gasteiger partial charge in [-0.2, -0.15) is 0 Å². The van der Waals surface area contributed by atoms with Crippen LogP contribution in [0.3, 0.4) is 0 Å². The summed E-state index contributed by atoms with van der Waals surface area (Å²) in [5, 5.41) is 0. The Bertz CT molecular complexity index is 177. The van der Waals surface area contributed by atoms with E-state index in [1.54, 1.807) is 7.11 Å². The van der Waals surface area contributed by atoms with Crippen LogP contribution in [-0.2, 0) is 9.47 Å². The second-order valence-corrected chi connectivity index (χ2v) is 3.44. The van der Waals surface area contributed by atoms with E-state index >= 15 is 0 Å². The molecule has 2 heteroatoms. The van der Waals surface area contributed by atoms with Gasteiger partial charge in [0.05, 0.1) is 5.60 Å². The van der Waals surface area contributed by atoms with Crippen molar-refractivity contribution in [2.24, 2.45) is 0 Å². The predicted octanol–water partition coefficient (Wildman–Crippen LogP) is 2.66. The van der Waals surface area contributed by atoms with Crippen molar-refractivity contribution in [2.75, 3.05) is 13.9 Å². The van der Waals surface area contributed by atoms with Gasteiger partial charge in [0, 0.05) is 7.11 Å². The predicted molar refractivity (Wildman–Crippen MR) is 53.5 cm³/mol. The maximum Gasteiger partial charge on any atom is 0.147 e. The molecule has 1 aliphatic carbocycles. The summed E-state index contributed by atoms with van der Waals surface area (Å²) in [6.45, 7) is 4.11. The van der Waals surface area contributed by atoms with Crippen molar-refractivity contribution in [1.82, 2.24) is 0 Å². The fourth-order valence-corrected chi connectivity index (χ4v) is 1.62. The van der Waals surface area contributed by atoms with Crippen LogP contribution in [0.25, 0.3) is 0 Å². The van der Waals surface area contributed by atoms with Crippen LogP contribution < -0.4 is 0 Å². The van der Waals surface area contributed by atoms with Gasteiger partial charge in [-0.3, -0.25) is 0 Å². The zero-order chi connectivity index (χ0) is 9.57. The lowest BCUT2D eigenvalue weighted by atomic mass is 9.95. The Kier molecular flexibility index (Phi) is 4.19. The summed E-state index contributed by atoms with van der Waals surface area (Å²) in [7, 11) is 1.66. The van der Waals surface area contributed by atoms with Crippen LogP contribution in [0.15, 0.2) is 24.8 Å². The summed E-state index contributed by atoms with van der Waals surface area (Å²) in [5.41, 5.74) is -0.00972. The zero-order valence-electron chi connectivity index (χ0n) is 8.29. The normalized spacial score (nSPS) is 19.2. The number of ether oxygens (including phenoxy) is 2. The quantitative estimate of drug-likeness (QED) is 0.464. The molecule has 0 fully saturated rings. The van der Waals surface area contributed by atoms with Gasteiger partial charge in [-0.05, 0) is 25.7 Å². The molecule has 0 N–H and O–H groups in total. The monoisotopic (exact) mass is 182 g/mol. The Morgan fingerprint density at radius 3 is 2.69 bits per heavy atom. The lowest BCUT2D eigenvalue weighted by molar-refractivity contribution is -0.128. The summed E-state index contributed by atoms with van der Waals surface area (Å²) in [5.74, 6) is 0. The van der Waals surface area contributed by atoms with Crippen molar-refractivity contribution in [3.8, 4) is 0 Å². The van der Waals surface area contributed by atoms with E-state index in [-0.39, 0.29) is 5.60 Å². The van der Waals surface area contributed by atoms with Gasteiger partial charge in [0.25, 0.3) is 0 Å². The molecule has 0 spiro atoms. The highest BCUT2D eigenvalue weighted by molar-refractivity contribution is 5.05. The molecule has 0 aromatic carbocycles. The van der Waals surface area contributed by atoms with Crippen LogP contribution in [0.4, 0.5) is 0 Å². The minimum atomic E-state index is -0.00972. The highest BCUT2D eigenvalue weighted by atomic mass is 16.7. The van der Waals surface area contributed by atoms with E-state index < -0.39 is 0 Å². The van der Waals surface area contributed by atoms with Crippen LogP contribution >= 0.6 is 0 Å². The first-order valence-corrected chi connectivity index (χ1v) is 4.72. The van der Waals surface area contributed by atoms with Gasteiger partial charge >= 0.3 is 0 Å². The van der Waals surface area contributed by atoms with Gasteiger partial charge in [0.1, 0.15) is 6.79 Å². The largest absolute Gasteiger partial charge is 0.359 e. The molecule has 0 radical (unpaired) electrons. The summed E-state index contributed by atoms with van der Waals surface area (Å²) in [4.78, 5) is 0. The van der Waals surface area contributed by atoms with Crippen molar-refractivity contribution in [3.05, 3.63) is 24.8 Å². The van der Waals surface area contributed by atoms with Crippen molar-refractivity contribution in [2.45, 2.75) is 31.3 Å². The van der Waals surface area contributed by atoms with Crippen LogP contribution in [-0.4, -0.2) is 19.5 Å². The SMILES string of the molecule is C=CCCC1(OCOC)CC=CC1. The van der Waals surface area contributed by atoms with E-state index in [4.69, 9.17) is 9.47 Å². The molecule has 0 saturated carbocycles. The van der Waals surface area contributed by atoms with Gasteiger partial charge < -0.3 is 9.47 Å². The smallest absolute Gasteiger partial charge is 0.147 e. The van der Waals surface area contributed by atoms with Crippen molar-refractivity contribution < 1.29 is 9.47 Å². The molecule has 0 aromatic rings. The Morgan fingerprint density at radius 1 is 1.46 bits per heavy atom. The minimum Gasteiger partial charge on any atom is -0.359 e. The van der Waals surface area contributed by atoms with Gasteiger partial charge in [-0.15, -0.1) is 6.58 Å². The summed E-state index contributed by atoms with van der Waals surface area (Å²) >= 11 is 0. The first-order chi connectivity index (χ1) is 6.33. The standard InChI is InChI=1S/C11H18O2/c1-3-4-7-11(13-10-12-2)8-5-6-9-11/h3,5-6H,1,4,7-10H2,2H3. The number of rotatable bonds is 6. The maximum atomic E-state index is 5.71. The van der Waals surface area contributed by atoms with Crippen molar-refractivity contribution >= 4 is 0 Å². The molecule has 1 aliphatic rings. The second-order valence-electron chi connectivity index (χ2n) is 3.44. The van der Waals surface area contributed by atoms with Crippen LogP contribution in [0.2, 0.25) is 0 Å². The zero-order valence-corrected chi connectivity index (χ0v) is 8.29. The highest BCUT2D eigenvalue weighted by Crippen LogP contribution is 2.32. The first-order valence-electron chi connectivity index (χ1n) is 4.72. The third-order valence-electron chi connectivity index (χ3n) is 2.43. The van der Waals surface area contributed by atoms with E-state index in [9.17, 15) is 0 Å². The Morgan fingerprint density at radius 2 is 2.15 bits per heavy atom. The molecule has 0 saturated heterocycles. The molecule has 13 heavy (non-hydrogen) atoms. The number of hydrogen-bond donors (Lipinski definition) is 0. The van der Waals surface area contributed by atoms with E-state index in [1.807, 2.05) is 6.08 Å². The average Bonchev–Trinajstić information content (AvgIpc) is 2.61. The average molecular weight is 182 g/mol. The van der Waals surface area contributed by atoms with E-state index in [2.05, 4.69) is 18.7 Å². The van der Waals surface area contributed by atoms with E-state index in [0.29, 0.717) is 6.79 Å². The lowest BCUT2D eigenvalue weighted by Gasteiger charge is -2.28. The van der Waals surface area contributed by atoms with Gasteiger partial charge in [-0.25, -0.2) is 0 Å². The van der Waals surface area contributed by atoms with Crippen LogP contribution in [0.5, 0.6) is 0 Å². The lowest BCUT2D eigenvalue weighted by Crippen LogP contribution is -2.30. The molecular weight excluding hydrogens is 164 g/mol. The topological polar surface area (TPSA) is 18.5 Å². The highest BCUT2D eigenvalue weighted by Gasteiger charge is 2.30. The van der Waals surface area contributed by atoms with Crippen LogP contribution in [0, 0.1) is 0 Å². The van der Waals surface area contributed by atoms with Gasteiger partial charge in [-0.1, -0.05) is 18.2 Å². The summed E-state index contributed by atoms with van der Waals surface area (Å²) in [6.07, 6.45) is 10.3. The molecule has 74 valence electrons. The molecule has 0 aromatic heterocycles. The minimum absolute atomic E-state index is 0.00972. The summed E-state index contributed by atoms with van der Waals surface area (Å²) < 4.78 is 10.6. The molecule has 0 bridgehead atoms. The first kappa shape index (κ1) is 10.5. The van der Waals surface area contributed by atoms with Crippen molar-refractivity contribution in [3.63, 3.8) is 0 Å². The Balaban J connectivity index is 2.38. The molecule has 1 rings (SSSR count). The summed E-state index contributed by atoms with van der Waals surface area (Å²) in [6, 6.07) is 0. The molecule has 0 aliphatic heterocycles. The molecule has 2 nitrogen and oxygen atoms in total. The maximum absolute atomic E-state index is 5.71. The fraction of sp³-hybridized carbons (Fsp3) is 0.636. The Hall–Kier alpha value is -0.600. The number of methoxy groups -OCH3 is 1. The van der Waals surface area contributed by atoms with E-state index in [1.165, 1.54) is 0 Å². The number of hydrogen-bond acceptors (Lipinski definition) is 2. The molecule has 0 atom stereocenters. The molecule has 0 amide bonds. The van der Waals surface area contributed by atoms with Gasteiger partial charge in [0.15, 0.2) is 0 Å². The molecule has 0 heterocycles. The van der Waals surface area contributed by atoms with E-state index in [0.717, 1.165) is 25.7 Å². The third-order valence-corrected chi connectivity index (χ3v) is 2.43. The van der Waals surface area contributed by atoms with Crippen molar-refractivity contribution in [1.29, 1.82) is 0 Å². The Labute approximate surface area is 80.2 Å². The fourth-order valence-electron chi connectivity index (χ4n) is 1.62. The second kappa shape index (κ2) is 5.20. The van der Waals surface area contributed by atoms with Gasteiger partial charge in [0.2, 0.25) is 0 Å². The van der Waals surface area contributed by atoms with Crippen LogP contribution in [0.1, 0.15) is 25.7 Å².